The number of carboxylic acids is 1. The predicted molar refractivity (Wildman–Crippen MR) is 77.9 cm³/mol. The van der Waals surface area contributed by atoms with Gasteiger partial charge in [0.1, 0.15) is 6.54 Å². The number of benzene rings is 1. The molecule has 1 unspecified atom stereocenters. The fourth-order valence-electron chi connectivity index (χ4n) is 1.67. The third-order valence-corrected chi connectivity index (χ3v) is 2.96. The third-order valence-electron chi connectivity index (χ3n) is 2.96. The molecule has 7 nitrogen and oxygen atoms in total. The molecule has 1 rings (SSSR count). The molecule has 0 saturated carbocycles. The quantitative estimate of drug-likeness (QED) is 0.580. The lowest BCUT2D eigenvalue weighted by Crippen LogP contribution is -2.29. The van der Waals surface area contributed by atoms with Gasteiger partial charge in [-0.1, -0.05) is 6.92 Å². The summed E-state index contributed by atoms with van der Waals surface area (Å²) in [5.41, 5.74) is 6.37. The van der Waals surface area contributed by atoms with E-state index in [4.69, 9.17) is 10.8 Å². The van der Waals surface area contributed by atoms with E-state index in [1.807, 2.05) is 6.92 Å². The molecule has 0 aromatic heterocycles. The Bertz CT molecular complexity index is 509. The van der Waals surface area contributed by atoms with Crippen molar-refractivity contribution in [3.63, 3.8) is 0 Å². The largest absolute Gasteiger partial charge is 0.480 e. The summed E-state index contributed by atoms with van der Waals surface area (Å²) in [5, 5.41) is 13.4. The molecule has 0 bridgehead atoms. The molecule has 0 aliphatic carbocycles. The van der Waals surface area contributed by atoms with E-state index in [9.17, 15) is 14.4 Å². The highest BCUT2D eigenvalue weighted by molar-refractivity contribution is 5.97. The lowest BCUT2D eigenvalue weighted by molar-refractivity contribution is -0.135. The number of aliphatic carboxylic acids is 1. The number of hydrogen-bond acceptors (Lipinski definition) is 4. The first-order chi connectivity index (χ1) is 9.97. The Balaban J connectivity index is 2.63. The summed E-state index contributed by atoms with van der Waals surface area (Å²) in [7, 11) is 0. The zero-order chi connectivity index (χ0) is 15.8. The van der Waals surface area contributed by atoms with E-state index in [-0.39, 0.29) is 18.4 Å². The number of nitrogens with one attached hydrogen (secondary N) is 2. The van der Waals surface area contributed by atoms with Crippen molar-refractivity contribution in [1.29, 1.82) is 0 Å². The highest BCUT2D eigenvalue weighted by Gasteiger charge is 2.14. The van der Waals surface area contributed by atoms with Crippen LogP contribution in [0.1, 0.15) is 23.7 Å². The first-order valence-electron chi connectivity index (χ1n) is 6.58. The molecule has 1 aromatic carbocycles. The van der Waals surface area contributed by atoms with Gasteiger partial charge in [-0.3, -0.25) is 14.4 Å². The molecule has 21 heavy (non-hydrogen) atoms. The Morgan fingerprint density at radius 1 is 1.24 bits per heavy atom. The van der Waals surface area contributed by atoms with Gasteiger partial charge >= 0.3 is 5.97 Å². The van der Waals surface area contributed by atoms with Crippen LogP contribution in [0.15, 0.2) is 24.3 Å². The summed E-state index contributed by atoms with van der Waals surface area (Å²) >= 11 is 0. The maximum Gasteiger partial charge on any atom is 0.322 e. The van der Waals surface area contributed by atoms with Crippen LogP contribution in [0.5, 0.6) is 0 Å². The number of carbonyl (C=O) groups is 3. The first kappa shape index (κ1) is 16.6. The molecule has 0 saturated heterocycles. The van der Waals surface area contributed by atoms with Crippen LogP contribution >= 0.6 is 0 Å². The molecule has 0 aliphatic heterocycles. The molecule has 7 heteroatoms. The number of hydrogen-bond donors (Lipinski definition) is 4. The molecular formula is C14H19N3O4. The van der Waals surface area contributed by atoms with E-state index >= 15 is 0 Å². The van der Waals surface area contributed by atoms with E-state index in [2.05, 4.69) is 10.6 Å². The van der Waals surface area contributed by atoms with Crippen LogP contribution < -0.4 is 16.4 Å². The third kappa shape index (κ3) is 5.23. The second kappa shape index (κ2) is 8.01. The van der Waals surface area contributed by atoms with Crippen molar-refractivity contribution >= 4 is 23.5 Å². The summed E-state index contributed by atoms with van der Waals surface area (Å²) < 4.78 is 0. The van der Waals surface area contributed by atoms with Gasteiger partial charge in [-0.25, -0.2) is 0 Å². The second-order valence-electron chi connectivity index (χ2n) is 4.48. The fourth-order valence-corrected chi connectivity index (χ4v) is 1.67. The molecule has 114 valence electrons. The lowest BCUT2D eigenvalue weighted by atomic mass is 10.1. The maximum atomic E-state index is 11.8. The zero-order valence-corrected chi connectivity index (χ0v) is 11.8. The van der Waals surface area contributed by atoms with Gasteiger partial charge in [-0.15, -0.1) is 0 Å². The Labute approximate surface area is 122 Å². The van der Waals surface area contributed by atoms with E-state index < -0.39 is 18.4 Å². The minimum atomic E-state index is -1.11. The fraction of sp³-hybridized carbons (Fsp3) is 0.357. The Hall–Kier alpha value is -2.41. The van der Waals surface area contributed by atoms with Crippen LogP contribution in [0.4, 0.5) is 5.69 Å². The number of rotatable bonds is 7. The van der Waals surface area contributed by atoms with E-state index in [0.29, 0.717) is 17.7 Å². The van der Waals surface area contributed by atoms with Crippen molar-refractivity contribution in [3.05, 3.63) is 29.8 Å². The summed E-state index contributed by atoms with van der Waals surface area (Å²) in [6.07, 6.45) is 0.651. The minimum Gasteiger partial charge on any atom is -0.480 e. The smallest absolute Gasteiger partial charge is 0.322 e. The molecular weight excluding hydrogens is 274 g/mol. The first-order valence-corrected chi connectivity index (χ1v) is 6.58. The van der Waals surface area contributed by atoms with Crippen LogP contribution in [0.3, 0.4) is 0 Å². The lowest BCUT2D eigenvalue weighted by Gasteiger charge is -2.12. The van der Waals surface area contributed by atoms with Gasteiger partial charge in [0.15, 0.2) is 0 Å². The van der Waals surface area contributed by atoms with Crippen LogP contribution in [0.25, 0.3) is 0 Å². The standard InChI is InChI=1S/C14H19N3O4/c1-2-9(7-15)14(21)17-11-5-3-10(4-6-11)13(20)16-8-12(18)19/h3-6,9H,2,7-8,15H2,1H3,(H,16,20)(H,17,21)(H,18,19). The molecule has 1 atom stereocenters. The number of nitrogens with two attached hydrogens (primary N) is 1. The number of anilines is 1. The van der Waals surface area contributed by atoms with E-state index in [0.717, 1.165) is 0 Å². The van der Waals surface area contributed by atoms with Crippen LogP contribution in [-0.2, 0) is 9.59 Å². The minimum absolute atomic E-state index is 0.164. The van der Waals surface area contributed by atoms with Crippen molar-refractivity contribution in [3.8, 4) is 0 Å². The second-order valence-corrected chi connectivity index (χ2v) is 4.48. The maximum absolute atomic E-state index is 11.8. The summed E-state index contributed by atoms with van der Waals surface area (Å²) in [6.45, 7) is 1.72. The van der Waals surface area contributed by atoms with Gasteiger partial charge in [0.05, 0.1) is 5.92 Å². The Morgan fingerprint density at radius 2 is 1.86 bits per heavy atom. The van der Waals surface area contributed by atoms with Gasteiger partial charge in [0.2, 0.25) is 5.91 Å². The molecule has 0 aliphatic rings. The van der Waals surface area contributed by atoms with Gasteiger partial charge in [-0.2, -0.15) is 0 Å². The predicted octanol–water partition coefficient (Wildman–Crippen LogP) is 0.424. The van der Waals surface area contributed by atoms with E-state index in [1.165, 1.54) is 12.1 Å². The number of carbonyl (C=O) groups excluding carboxylic acids is 2. The Morgan fingerprint density at radius 3 is 2.33 bits per heavy atom. The van der Waals surface area contributed by atoms with Gasteiger partial charge in [0, 0.05) is 17.8 Å². The van der Waals surface area contributed by atoms with E-state index in [1.54, 1.807) is 12.1 Å². The average molecular weight is 293 g/mol. The molecule has 5 N–H and O–H groups in total. The van der Waals surface area contributed by atoms with Gasteiger partial charge < -0.3 is 21.5 Å². The highest BCUT2D eigenvalue weighted by Crippen LogP contribution is 2.12. The summed E-state index contributed by atoms with van der Waals surface area (Å²) in [6, 6.07) is 6.18. The summed E-state index contributed by atoms with van der Waals surface area (Å²) in [4.78, 5) is 33.8. The molecule has 2 amide bonds. The van der Waals surface area contributed by atoms with Gasteiger partial charge in [0.25, 0.3) is 5.91 Å². The molecule has 0 spiro atoms. The normalized spacial score (nSPS) is 11.5. The molecule has 0 fully saturated rings. The van der Waals surface area contributed by atoms with Crippen molar-refractivity contribution in [2.75, 3.05) is 18.4 Å². The monoisotopic (exact) mass is 293 g/mol. The summed E-state index contributed by atoms with van der Waals surface area (Å²) in [5.74, 6) is -2.00. The molecule has 0 radical (unpaired) electrons. The van der Waals surface area contributed by atoms with Crippen LogP contribution in [-0.4, -0.2) is 36.0 Å². The number of amides is 2. The highest BCUT2D eigenvalue weighted by atomic mass is 16.4. The van der Waals surface area contributed by atoms with Crippen LogP contribution in [0, 0.1) is 5.92 Å². The molecule has 1 aromatic rings. The topological polar surface area (TPSA) is 122 Å². The average Bonchev–Trinajstić information content (AvgIpc) is 2.46. The van der Waals surface area contributed by atoms with Crippen molar-refractivity contribution < 1.29 is 19.5 Å². The van der Waals surface area contributed by atoms with Crippen molar-refractivity contribution in [2.24, 2.45) is 11.7 Å². The zero-order valence-electron chi connectivity index (χ0n) is 11.8. The number of carboxylic acid groups (broad SMARTS) is 1. The SMILES string of the molecule is CCC(CN)C(=O)Nc1ccc(C(=O)NCC(=O)O)cc1. The molecule has 0 heterocycles. The Kier molecular flexibility index (Phi) is 6.35. The van der Waals surface area contributed by atoms with Crippen LogP contribution in [0.2, 0.25) is 0 Å². The van der Waals surface area contributed by atoms with Gasteiger partial charge in [-0.05, 0) is 30.7 Å². The van der Waals surface area contributed by atoms with Crippen molar-refractivity contribution in [2.45, 2.75) is 13.3 Å². The van der Waals surface area contributed by atoms with Crippen molar-refractivity contribution in [1.82, 2.24) is 5.32 Å².